The Bertz CT molecular complexity index is 592. The van der Waals surface area contributed by atoms with Crippen LogP contribution in [0.25, 0.3) is 0 Å². The molecular formula is C19H24FN. The van der Waals surface area contributed by atoms with Crippen LogP contribution in [0.3, 0.4) is 0 Å². The lowest BCUT2D eigenvalue weighted by atomic mass is 9.90. The van der Waals surface area contributed by atoms with E-state index in [0.717, 1.165) is 24.9 Å². The van der Waals surface area contributed by atoms with Crippen molar-refractivity contribution in [3.05, 3.63) is 70.5 Å². The highest BCUT2D eigenvalue weighted by molar-refractivity contribution is 5.31. The average Bonchev–Trinajstić information content (AvgIpc) is 2.43. The predicted octanol–water partition coefficient (Wildman–Crippen LogP) is 4.06. The molecule has 0 aliphatic rings. The van der Waals surface area contributed by atoms with Gasteiger partial charge >= 0.3 is 0 Å². The Morgan fingerprint density at radius 2 is 1.86 bits per heavy atom. The quantitative estimate of drug-likeness (QED) is 0.844. The Morgan fingerprint density at radius 1 is 1.05 bits per heavy atom. The topological polar surface area (TPSA) is 12.0 Å². The first-order valence-electron chi connectivity index (χ1n) is 7.53. The van der Waals surface area contributed by atoms with E-state index in [1.54, 1.807) is 12.1 Å². The molecule has 1 nitrogen and oxygen atoms in total. The van der Waals surface area contributed by atoms with E-state index < -0.39 is 0 Å². The van der Waals surface area contributed by atoms with Crippen molar-refractivity contribution < 1.29 is 4.39 Å². The molecule has 2 rings (SSSR count). The van der Waals surface area contributed by atoms with Crippen LogP contribution in [0.4, 0.5) is 4.39 Å². The number of rotatable bonds is 6. The van der Waals surface area contributed by atoms with Crippen LogP contribution in [-0.2, 0) is 12.8 Å². The van der Waals surface area contributed by atoms with Crippen LogP contribution in [0.2, 0.25) is 0 Å². The number of halogens is 1. The second-order valence-corrected chi connectivity index (χ2v) is 5.89. The second-order valence-electron chi connectivity index (χ2n) is 5.89. The Labute approximate surface area is 127 Å². The van der Waals surface area contributed by atoms with Crippen molar-refractivity contribution in [2.75, 3.05) is 13.6 Å². The molecule has 0 spiro atoms. The predicted molar refractivity (Wildman–Crippen MR) is 87.1 cm³/mol. The van der Waals surface area contributed by atoms with E-state index in [4.69, 9.17) is 0 Å². The van der Waals surface area contributed by atoms with Crippen molar-refractivity contribution in [3.8, 4) is 0 Å². The fourth-order valence-electron chi connectivity index (χ4n) is 2.83. The van der Waals surface area contributed by atoms with Crippen LogP contribution in [0.5, 0.6) is 0 Å². The molecule has 2 aromatic carbocycles. The molecule has 0 radical (unpaired) electrons. The monoisotopic (exact) mass is 285 g/mol. The number of hydrogen-bond donors (Lipinski definition) is 1. The molecule has 0 bridgehead atoms. The summed E-state index contributed by atoms with van der Waals surface area (Å²) in [7, 11) is 1.97. The van der Waals surface area contributed by atoms with E-state index in [0.29, 0.717) is 5.92 Å². The lowest BCUT2D eigenvalue weighted by Crippen LogP contribution is -2.23. The van der Waals surface area contributed by atoms with Gasteiger partial charge in [0.15, 0.2) is 0 Å². The minimum atomic E-state index is -0.151. The highest BCUT2D eigenvalue weighted by atomic mass is 19.1. The van der Waals surface area contributed by atoms with Crippen molar-refractivity contribution in [1.82, 2.24) is 5.32 Å². The summed E-state index contributed by atoms with van der Waals surface area (Å²) in [6.45, 7) is 5.22. The summed E-state index contributed by atoms with van der Waals surface area (Å²) < 4.78 is 13.3. The van der Waals surface area contributed by atoms with Gasteiger partial charge in [-0.1, -0.05) is 35.9 Å². The van der Waals surface area contributed by atoms with Crippen LogP contribution in [0.15, 0.2) is 42.5 Å². The summed E-state index contributed by atoms with van der Waals surface area (Å²) in [5.74, 6) is 0.319. The van der Waals surface area contributed by atoms with E-state index in [-0.39, 0.29) is 5.82 Å². The van der Waals surface area contributed by atoms with E-state index in [2.05, 4.69) is 37.4 Å². The molecule has 0 saturated heterocycles. The molecule has 1 N–H and O–H groups in total. The molecule has 2 aromatic rings. The van der Waals surface area contributed by atoms with Crippen molar-refractivity contribution in [2.45, 2.75) is 26.7 Å². The summed E-state index contributed by atoms with van der Waals surface area (Å²) >= 11 is 0. The molecule has 1 unspecified atom stereocenters. The lowest BCUT2D eigenvalue weighted by molar-refractivity contribution is 0.490. The smallest absolute Gasteiger partial charge is 0.123 e. The third kappa shape index (κ3) is 4.68. The van der Waals surface area contributed by atoms with E-state index >= 15 is 0 Å². The first-order valence-corrected chi connectivity index (χ1v) is 7.53. The molecule has 0 aromatic heterocycles. The van der Waals surface area contributed by atoms with Crippen LogP contribution >= 0.6 is 0 Å². The van der Waals surface area contributed by atoms with Crippen LogP contribution in [-0.4, -0.2) is 13.6 Å². The standard InChI is InChI=1S/C19H24FN/c1-14-7-8-15(2)18(9-14)11-17(13-21-3)10-16-5-4-6-19(20)12-16/h4-9,12,17,21H,10-11,13H2,1-3H3. The highest BCUT2D eigenvalue weighted by Gasteiger charge is 2.12. The molecule has 21 heavy (non-hydrogen) atoms. The number of hydrogen-bond acceptors (Lipinski definition) is 1. The summed E-state index contributed by atoms with van der Waals surface area (Å²) in [5, 5.41) is 3.26. The summed E-state index contributed by atoms with van der Waals surface area (Å²) in [5.41, 5.74) is 5.10. The van der Waals surface area contributed by atoms with Crippen molar-refractivity contribution >= 4 is 0 Å². The fraction of sp³-hybridized carbons (Fsp3) is 0.368. The van der Waals surface area contributed by atoms with Crippen LogP contribution in [0, 0.1) is 25.6 Å². The van der Waals surface area contributed by atoms with Gasteiger partial charge in [-0.15, -0.1) is 0 Å². The maximum absolute atomic E-state index is 13.3. The third-order valence-corrected chi connectivity index (χ3v) is 3.92. The molecule has 112 valence electrons. The number of aryl methyl sites for hydroxylation is 2. The van der Waals surface area contributed by atoms with Gasteiger partial charge in [-0.2, -0.15) is 0 Å². The van der Waals surface area contributed by atoms with Crippen LogP contribution < -0.4 is 5.32 Å². The first-order chi connectivity index (χ1) is 10.1. The molecule has 0 heterocycles. The molecule has 2 heteroatoms. The van der Waals surface area contributed by atoms with Gasteiger partial charge in [0.2, 0.25) is 0 Å². The lowest BCUT2D eigenvalue weighted by Gasteiger charge is -2.18. The Morgan fingerprint density at radius 3 is 2.57 bits per heavy atom. The van der Waals surface area contributed by atoms with E-state index in [1.165, 1.54) is 22.8 Å². The molecular weight excluding hydrogens is 261 g/mol. The zero-order valence-electron chi connectivity index (χ0n) is 13.1. The van der Waals surface area contributed by atoms with E-state index in [9.17, 15) is 4.39 Å². The summed E-state index contributed by atoms with van der Waals surface area (Å²) in [4.78, 5) is 0. The minimum absolute atomic E-state index is 0.151. The largest absolute Gasteiger partial charge is 0.319 e. The molecule has 0 fully saturated rings. The van der Waals surface area contributed by atoms with Gasteiger partial charge in [0.1, 0.15) is 5.82 Å². The number of nitrogens with one attached hydrogen (secondary N) is 1. The van der Waals surface area contributed by atoms with Gasteiger partial charge in [0.25, 0.3) is 0 Å². The molecule has 0 aliphatic carbocycles. The fourth-order valence-corrected chi connectivity index (χ4v) is 2.83. The first kappa shape index (κ1) is 15.7. The molecule has 0 amide bonds. The Balaban J connectivity index is 2.13. The second kappa shape index (κ2) is 7.37. The molecule has 0 saturated carbocycles. The normalized spacial score (nSPS) is 12.4. The number of benzene rings is 2. The molecule has 1 atom stereocenters. The maximum atomic E-state index is 13.3. The van der Waals surface area contributed by atoms with Gasteiger partial charge in [-0.25, -0.2) is 4.39 Å². The molecule has 0 aliphatic heterocycles. The summed E-state index contributed by atoms with van der Waals surface area (Å²) in [6.07, 6.45) is 1.91. The van der Waals surface area contributed by atoms with E-state index in [1.807, 2.05) is 13.1 Å². The van der Waals surface area contributed by atoms with Gasteiger partial charge < -0.3 is 5.32 Å². The third-order valence-electron chi connectivity index (χ3n) is 3.92. The van der Waals surface area contributed by atoms with Gasteiger partial charge in [0.05, 0.1) is 0 Å². The van der Waals surface area contributed by atoms with Gasteiger partial charge in [-0.05, 0) is 75.0 Å². The highest BCUT2D eigenvalue weighted by Crippen LogP contribution is 2.19. The van der Waals surface area contributed by atoms with Crippen molar-refractivity contribution in [1.29, 1.82) is 0 Å². The minimum Gasteiger partial charge on any atom is -0.319 e. The maximum Gasteiger partial charge on any atom is 0.123 e. The van der Waals surface area contributed by atoms with Gasteiger partial charge in [0, 0.05) is 0 Å². The Hall–Kier alpha value is -1.67. The van der Waals surface area contributed by atoms with Gasteiger partial charge in [-0.3, -0.25) is 0 Å². The zero-order valence-corrected chi connectivity index (χ0v) is 13.1. The Kier molecular flexibility index (Phi) is 5.51. The van der Waals surface area contributed by atoms with Crippen LogP contribution in [0.1, 0.15) is 22.3 Å². The SMILES string of the molecule is CNCC(Cc1cccc(F)c1)Cc1cc(C)ccc1C. The average molecular weight is 285 g/mol. The van der Waals surface area contributed by atoms with Crippen molar-refractivity contribution in [2.24, 2.45) is 5.92 Å². The zero-order chi connectivity index (χ0) is 15.2. The van der Waals surface area contributed by atoms with Crippen molar-refractivity contribution in [3.63, 3.8) is 0 Å². The summed E-state index contributed by atoms with van der Waals surface area (Å²) in [6, 6.07) is 13.5.